The minimum Gasteiger partial charge on any atom is -0.465 e. The summed E-state index contributed by atoms with van der Waals surface area (Å²) >= 11 is 5.02. The van der Waals surface area contributed by atoms with Gasteiger partial charge >= 0.3 is 0 Å². The van der Waals surface area contributed by atoms with Gasteiger partial charge in [0.25, 0.3) is 10.0 Å². The van der Waals surface area contributed by atoms with Gasteiger partial charge in [-0.2, -0.15) is 8.42 Å². The summed E-state index contributed by atoms with van der Waals surface area (Å²) in [4.78, 5) is 11.7. The van der Waals surface area contributed by atoms with Gasteiger partial charge in [-0.3, -0.25) is 10.1 Å². The fourth-order valence-electron chi connectivity index (χ4n) is 1.76. The molecular weight excluding hydrogens is 378 g/mol. The van der Waals surface area contributed by atoms with Crippen molar-refractivity contribution in [2.45, 2.75) is 4.90 Å². The lowest BCUT2D eigenvalue weighted by Gasteiger charge is -2.08. The minimum atomic E-state index is -3.96. The Bertz CT molecular complexity index is 944. The van der Waals surface area contributed by atoms with Crippen molar-refractivity contribution in [3.8, 4) is 0 Å². The first-order chi connectivity index (χ1) is 12.3. The Labute approximate surface area is 154 Å². The van der Waals surface area contributed by atoms with E-state index in [-0.39, 0.29) is 10.0 Å². The normalized spacial score (nSPS) is 11.1. The monoisotopic (exact) mass is 393 g/mol. The van der Waals surface area contributed by atoms with Gasteiger partial charge in [-0.05, 0) is 54.7 Å². The molecule has 0 spiro atoms. The zero-order chi connectivity index (χ0) is 19.2. The molecule has 1 heterocycles. The molecule has 0 fully saturated rings. The van der Waals surface area contributed by atoms with Crippen LogP contribution in [0.2, 0.25) is 0 Å². The first-order valence-electron chi connectivity index (χ1n) is 7.06. The number of benzene rings is 1. The SMILES string of the molecule is NC(N)=NS(=O)(=O)c1ccc(NC(=S)NC(=O)C=Cc2ccco2)cc1. The highest BCUT2D eigenvalue weighted by atomic mass is 32.2. The third-order valence-corrected chi connectivity index (χ3v) is 4.34. The molecule has 0 bridgehead atoms. The standard InChI is InChI=1S/C15H15N5O4S2/c16-14(17)20-26(22,23)12-6-3-10(4-7-12)18-15(25)19-13(21)8-5-11-2-1-9-24-11/h1-9H,(H4,16,17,20)(H2,18,19,21,25). The van der Waals surface area contributed by atoms with Gasteiger partial charge in [0, 0.05) is 11.8 Å². The van der Waals surface area contributed by atoms with Crippen molar-refractivity contribution in [2.24, 2.45) is 15.9 Å². The highest BCUT2D eigenvalue weighted by Gasteiger charge is 2.13. The maximum absolute atomic E-state index is 11.8. The predicted octanol–water partition coefficient (Wildman–Crippen LogP) is 0.768. The number of guanidine groups is 1. The van der Waals surface area contributed by atoms with E-state index in [4.69, 9.17) is 28.1 Å². The molecule has 0 saturated carbocycles. The van der Waals surface area contributed by atoms with E-state index in [1.807, 2.05) is 0 Å². The number of furan rings is 1. The van der Waals surface area contributed by atoms with E-state index in [0.717, 1.165) is 0 Å². The number of anilines is 1. The average molecular weight is 393 g/mol. The van der Waals surface area contributed by atoms with Crippen LogP contribution >= 0.6 is 12.2 Å². The van der Waals surface area contributed by atoms with Crippen molar-refractivity contribution < 1.29 is 17.6 Å². The zero-order valence-electron chi connectivity index (χ0n) is 13.2. The van der Waals surface area contributed by atoms with E-state index in [2.05, 4.69) is 15.0 Å². The number of carbonyl (C=O) groups is 1. The molecule has 6 N–H and O–H groups in total. The first kappa shape index (κ1) is 19.1. The van der Waals surface area contributed by atoms with Crippen molar-refractivity contribution in [1.29, 1.82) is 0 Å². The summed E-state index contributed by atoms with van der Waals surface area (Å²) in [5, 5.41) is 5.23. The van der Waals surface area contributed by atoms with Crippen LogP contribution in [0.3, 0.4) is 0 Å². The second kappa shape index (κ2) is 8.27. The molecule has 2 aromatic rings. The summed E-state index contributed by atoms with van der Waals surface area (Å²) < 4.78 is 31.9. The summed E-state index contributed by atoms with van der Waals surface area (Å²) in [5.41, 5.74) is 10.6. The zero-order valence-corrected chi connectivity index (χ0v) is 14.9. The predicted molar refractivity (Wildman–Crippen MR) is 102 cm³/mol. The molecule has 136 valence electrons. The number of sulfonamides is 1. The summed E-state index contributed by atoms with van der Waals surface area (Å²) in [5.74, 6) is -0.485. The van der Waals surface area contributed by atoms with Gasteiger partial charge in [-0.25, -0.2) is 0 Å². The fourth-order valence-corrected chi connectivity index (χ4v) is 2.84. The van der Waals surface area contributed by atoms with Crippen molar-refractivity contribution in [2.75, 3.05) is 5.32 Å². The van der Waals surface area contributed by atoms with Crippen LogP contribution in [0.25, 0.3) is 6.08 Å². The number of hydrogen-bond acceptors (Lipinski definition) is 5. The highest BCUT2D eigenvalue weighted by molar-refractivity contribution is 7.90. The van der Waals surface area contributed by atoms with Crippen molar-refractivity contribution in [3.63, 3.8) is 0 Å². The summed E-state index contributed by atoms with van der Waals surface area (Å²) in [6.45, 7) is 0. The van der Waals surface area contributed by atoms with Crippen LogP contribution in [-0.4, -0.2) is 25.4 Å². The number of nitrogens with two attached hydrogens (primary N) is 2. The molecular formula is C15H15N5O4S2. The van der Waals surface area contributed by atoms with Gasteiger partial charge in [0.15, 0.2) is 5.11 Å². The van der Waals surface area contributed by atoms with Crippen LogP contribution in [0.15, 0.2) is 62.4 Å². The largest absolute Gasteiger partial charge is 0.465 e. The molecule has 2 rings (SSSR count). The summed E-state index contributed by atoms with van der Waals surface area (Å²) in [7, 11) is -3.96. The molecule has 1 aromatic carbocycles. The first-order valence-corrected chi connectivity index (χ1v) is 8.90. The molecule has 0 aliphatic carbocycles. The second-order valence-electron chi connectivity index (χ2n) is 4.81. The Morgan fingerprint density at radius 3 is 2.46 bits per heavy atom. The third kappa shape index (κ3) is 5.72. The van der Waals surface area contributed by atoms with Crippen LogP contribution in [0.4, 0.5) is 5.69 Å². The maximum atomic E-state index is 11.8. The van der Waals surface area contributed by atoms with E-state index < -0.39 is 21.9 Å². The molecule has 0 aliphatic heterocycles. The Hall–Kier alpha value is -3.18. The van der Waals surface area contributed by atoms with E-state index in [1.165, 1.54) is 42.7 Å². The number of hydrogen-bond donors (Lipinski definition) is 4. The molecule has 0 unspecified atom stereocenters. The van der Waals surface area contributed by atoms with Crippen LogP contribution in [0, 0.1) is 0 Å². The van der Waals surface area contributed by atoms with Crippen molar-refractivity contribution >= 4 is 51.0 Å². The van der Waals surface area contributed by atoms with Crippen LogP contribution in [-0.2, 0) is 14.8 Å². The van der Waals surface area contributed by atoms with E-state index >= 15 is 0 Å². The number of nitrogens with zero attached hydrogens (tertiary/aromatic N) is 1. The molecule has 1 amide bonds. The molecule has 0 atom stereocenters. The van der Waals surface area contributed by atoms with E-state index in [0.29, 0.717) is 11.4 Å². The fraction of sp³-hybridized carbons (Fsp3) is 0. The Balaban J connectivity index is 1.95. The van der Waals surface area contributed by atoms with Crippen LogP contribution in [0.1, 0.15) is 5.76 Å². The molecule has 11 heteroatoms. The molecule has 0 radical (unpaired) electrons. The number of thiocarbonyl (C=S) groups is 1. The van der Waals surface area contributed by atoms with E-state index in [1.54, 1.807) is 12.1 Å². The Morgan fingerprint density at radius 2 is 1.88 bits per heavy atom. The average Bonchev–Trinajstić information content (AvgIpc) is 3.05. The minimum absolute atomic E-state index is 0.0407. The molecule has 0 saturated heterocycles. The quantitative estimate of drug-likeness (QED) is 0.251. The van der Waals surface area contributed by atoms with E-state index in [9.17, 15) is 13.2 Å². The lowest BCUT2D eigenvalue weighted by Crippen LogP contribution is -2.32. The Kier molecular flexibility index (Phi) is 6.09. The molecule has 26 heavy (non-hydrogen) atoms. The van der Waals surface area contributed by atoms with Gasteiger partial charge in [0.05, 0.1) is 11.2 Å². The van der Waals surface area contributed by atoms with Gasteiger partial charge < -0.3 is 21.2 Å². The smallest absolute Gasteiger partial charge is 0.285 e. The summed E-state index contributed by atoms with van der Waals surface area (Å²) in [6.07, 6.45) is 4.24. The second-order valence-corrected chi connectivity index (χ2v) is 6.82. The topological polar surface area (TPSA) is 153 Å². The summed E-state index contributed by atoms with van der Waals surface area (Å²) in [6, 6.07) is 8.88. The Morgan fingerprint density at radius 1 is 1.19 bits per heavy atom. The van der Waals surface area contributed by atoms with Crippen molar-refractivity contribution in [1.82, 2.24) is 5.32 Å². The maximum Gasteiger partial charge on any atom is 0.285 e. The molecule has 9 nitrogen and oxygen atoms in total. The number of rotatable bonds is 5. The van der Waals surface area contributed by atoms with Crippen LogP contribution in [0.5, 0.6) is 0 Å². The highest BCUT2D eigenvalue weighted by Crippen LogP contribution is 2.16. The van der Waals surface area contributed by atoms with Crippen molar-refractivity contribution in [3.05, 3.63) is 54.5 Å². The number of nitrogens with one attached hydrogen (secondary N) is 2. The number of amides is 1. The molecule has 0 aliphatic rings. The van der Waals surface area contributed by atoms with Gasteiger partial charge in [-0.15, -0.1) is 4.40 Å². The van der Waals surface area contributed by atoms with Gasteiger partial charge in [-0.1, -0.05) is 0 Å². The number of carbonyl (C=O) groups excluding carboxylic acids is 1. The lowest BCUT2D eigenvalue weighted by molar-refractivity contribution is -0.115. The van der Waals surface area contributed by atoms with Gasteiger partial charge in [0.2, 0.25) is 11.9 Å². The third-order valence-electron chi connectivity index (χ3n) is 2.81. The van der Waals surface area contributed by atoms with Crippen LogP contribution < -0.4 is 22.1 Å². The molecule has 1 aromatic heterocycles. The van der Waals surface area contributed by atoms with Gasteiger partial charge in [0.1, 0.15) is 5.76 Å². The lowest BCUT2D eigenvalue weighted by atomic mass is 10.3.